The highest BCUT2D eigenvalue weighted by Gasteiger charge is 2.20. The van der Waals surface area contributed by atoms with Crippen molar-refractivity contribution >= 4 is 74.6 Å². The lowest BCUT2D eigenvalue weighted by Gasteiger charge is -2.23. The SMILES string of the molecule is C/C(=N\NS(=O)(=O)c1ccc(C)cc1)c1ccc2c(c1)Nc1ccccc1S2.CC(c1cccc(-c2ccccc2)c1)c1ccc2c(c1)Nc1ccccc1S2.OB(O)c1cccc(-c2ccccc2)c1. The molecule has 5 N–H and O–H groups in total. The molecule has 71 heavy (non-hydrogen) atoms. The van der Waals surface area contributed by atoms with Crippen LogP contribution < -0.4 is 20.9 Å². The van der Waals surface area contributed by atoms with E-state index in [1.165, 1.54) is 48.3 Å². The van der Waals surface area contributed by atoms with Crippen LogP contribution in [0.25, 0.3) is 22.3 Å². The number of anilines is 4. The third kappa shape index (κ3) is 12.0. The molecule has 0 amide bonds. The molecule has 11 rings (SSSR count). The van der Waals surface area contributed by atoms with Crippen molar-refractivity contribution in [1.82, 2.24) is 4.83 Å². The van der Waals surface area contributed by atoms with Crippen molar-refractivity contribution in [3.05, 3.63) is 241 Å². The number of aryl methyl sites for hydroxylation is 1. The van der Waals surface area contributed by atoms with Crippen LogP contribution in [0.15, 0.2) is 248 Å². The first-order chi connectivity index (χ1) is 34.5. The van der Waals surface area contributed by atoms with E-state index in [1.54, 1.807) is 55.1 Å². The van der Waals surface area contributed by atoms with Gasteiger partial charge in [0.25, 0.3) is 10.0 Å². The van der Waals surface area contributed by atoms with Gasteiger partial charge in [-0.05, 0) is 119 Å². The van der Waals surface area contributed by atoms with Gasteiger partial charge in [-0.15, -0.1) is 0 Å². The summed E-state index contributed by atoms with van der Waals surface area (Å²) in [5.74, 6) is 0.331. The third-order valence-electron chi connectivity index (χ3n) is 12.1. The Hall–Kier alpha value is -7.32. The monoisotopic (exact) mass is 986 g/mol. The molecule has 0 aromatic heterocycles. The molecule has 9 aromatic carbocycles. The first-order valence-corrected chi connectivity index (χ1v) is 26.2. The van der Waals surface area contributed by atoms with Crippen LogP contribution in [0.4, 0.5) is 22.7 Å². The van der Waals surface area contributed by atoms with Crippen molar-refractivity contribution in [3.8, 4) is 22.3 Å². The molecule has 1 unspecified atom stereocenters. The lowest BCUT2D eigenvalue weighted by Crippen LogP contribution is -2.29. The van der Waals surface area contributed by atoms with Gasteiger partial charge in [0.05, 0.1) is 33.4 Å². The number of para-hydroxylation sites is 2. The molecule has 12 heteroatoms. The summed E-state index contributed by atoms with van der Waals surface area (Å²) in [5.41, 5.74) is 14.6. The highest BCUT2D eigenvalue weighted by atomic mass is 32.2. The molecule has 0 bridgehead atoms. The summed E-state index contributed by atoms with van der Waals surface area (Å²) < 4.78 is 24.8. The maximum absolute atomic E-state index is 12.4. The van der Waals surface area contributed by atoms with E-state index in [0.29, 0.717) is 17.1 Å². The fraction of sp³-hybridized carbons (Fsp3) is 0.0678. The Morgan fingerprint density at radius 3 is 1.62 bits per heavy atom. The van der Waals surface area contributed by atoms with Crippen LogP contribution in [0.1, 0.15) is 42.0 Å². The minimum Gasteiger partial charge on any atom is -0.423 e. The number of rotatable bonds is 9. The number of fused-ring (bicyclic) bond motifs is 4. The Bertz CT molecular complexity index is 3450. The topological polar surface area (TPSA) is 123 Å². The minimum atomic E-state index is -3.69. The summed E-state index contributed by atoms with van der Waals surface area (Å²) >= 11 is 3.54. The summed E-state index contributed by atoms with van der Waals surface area (Å²) in [6.07, 6.45) is 0. The zero-order chi connectivity index (χ0) is 49.3. The second kappa shape index (κ2) is 22.2. The summed E-state index contributed by atoms with van der Waals surface area (Å²) in [4.78, 5) is 7.38. The van der Waals surface area contributed by atoms with Crippen molar-refractivity contribution in [3.63, 3.8) is 0 Å². The second-order valence-corrected chi connectivity index (χ2v) is 20.9. The average molecular weight is 987 g/mol. The van der Waals surface area contributed by atoms with E-state index < -0.39 is 17.1 Å². The fourth-order valence-electron chi connectivity index (χ4n) is 8.07. The van der Waals surface area contributed by atoms with Crippen molar-refractivity contribution in [2.45, 2.75) is 51.2 Å². The van der Waals surface area contributed by atoms with E-state index in [4.69, 9.17) is 10.0 Å². The Balaban J connectivity index is 0.000000138. The maximum Gasteiger partial charge on any atom is 0.488 e. The van der Waals surface area contributed by atoms with E-state index in [9.17, 15) is 8.42 Å². The summed E-state index contributed by atoms with van der Waals surface area (Å²) in [7, 11) is -5.10. The number of benzene rings is 9. The highest BCUT2D eigenvalue weighted by molar-refractivity contribution is 8.00. The van der Waals surface area contributed by atoms with Crippen molar-refractivity contribution < 1.29 is 18.5 Å². The smallest absolute Gasteiger partial charge is 0.423 e. The Kier molecular flexibility index (Phi) is 15.2. The zero-order valence-electron chi connectivity index (χ0n) is 39.3. The van der Waals surface area contributed by atoms with Crippen LogP contribution in [0.5, 0.6) is 0 Å². The predicted molar refractivity (Wildman–Crippen MR) is 295 cm³/mol. The van der Waals surface area contributed by atoms with Gasteiger partial charge < -0.3 is 20.7 Å². The Morgan fingerprint density at radius 1 is 0.521 bits per heavy atom. The first-order valence-electron chi connectivity index (χ1n) is 23.1. The van der Waals surface area contributed by atoms with Crippen molar-refractivity contribution in [2.24, 2.45) is 5.10 Å². The third-order valence-corrected chi connectivity index (χ3v) is 15.6. The van der Waals surface area contributed by atoms with Gasteiger partial charge >= 0.3 is 7.12 Å². The number of hydrazone groups is 1. The number of hydrogen-bond acceptors (Lipinski definition) is 9. The Morgan fingerprint density at radius 2 is 1.01 bits per heavy atom. The van der Waals surface area contributed by atoms with Gasteiger partial charge in [0.15, 0.2) is 0 Å². The summed E-state index contributed by atoms with van der Waals surface area (Å²) in [5, 5.41) is 29.2. The molecular formula is C59H51BN4O4S3. The molecule has 2 aliphatic rings. The fourth-order valence-corrected chi connectivity index (χ4v) is 10.9. The van der Waals surface area contributed by atoms with Gasteiger partial charge in [-0.2, -0.15) is 18.4 Å². The van der Waals surface area contributed by atoms with Crippen LogP contribution in [0.3, 0.4) is 0 Å². The lowest BCUT2D eigenvalue weighted by atomic mass is 9.79. The lowest BCUT2D eigenvalue weighted by molar-refractivity contribution is 0.426. The second-order valence-electron chi connectivity index (χ2n) is 17.1. The van der Waals surface area contributed by atoms with Crippen molar-refractivity contribution in [1.29, 1.82) is 0 Å². The van der Waals surface area contributed by atoms with Crippen molar-refractivity contribution in [2.75, 3.05) is 10.6 Å². The van der Waals surface area contributed by atoms with Gasteiger partial charge in [0.1, 0.15) is 0 Å². The molecule has 0 saturated carbocycles. The first kappa shape index (κ1) is 48.7. The molecule has 0 spiro atoms. The Labute approximate surface area is 425 Å². The maximum atomic E-state index is 12.4. The molecule has 9 aromatic rings. The molecule has 0 saturated heterocycles. The van der Waals surface area contributed by atoms with E-state index in [1.807, 2.05) is 97.5 Å². The van der Waals surface area contributed by atoms with Crippen LogP contribution >= 0.6 is 23.5 Å². The van der Waals surface area contributed by atoms with Gasteiger partial charge in [0, 0.05) is 25.5 Å². The number of hydrogen-bond donors (Lipinski definition) is 5. The van der Waals surface area contributed by atoms with Crippen LogP contribution in [-0.4, -0.2) is 31.3 Å². The van der Waals surface area contributed by atoms with E-state index >= 15 is 0 Å². The van der Waals surface area contributed by atoms with E-state index in [0.717, 1.165) is 38.5 Å². The normalized spacial score (nSPS) is 12.5. The van der Waals surface area contributed by atoms with Gasteiger partial charge in [0.2, 0.25) is 0 Å². The molecule has 1 atom stereocenters. The molecule has 0 radical (unpaired) electrons. The molecule has 2 aliphatic heterocycles. The van der Waals surface area contributed by atoms with E-state index in [2.05, 4.69) is 131 Å². The summed E-state index contributed by atoms with van der Waals surface area (Å²) in [6, 6.07) is 72.6. The quantitative estimate of drug-likeness (QED) is 0.0551. The van der Waals surface area contributed by atoms with Gasteiger partial charge in [-0.25, -0.2) is 0 Å². The van der Waals surface area contributed by atoms with Gasteiger partial charge in [-0.1, -0.05) is 194 Å². The van der Waals surface area contributed by atoms with Crippen LogP contribution in [0, 0.1) is 6.92 Å². The number of nitrogens with one attached hydrogen (secondary N) is 3. The van der Waals surface area contributed by atoms with E-state index in [-0.39, 0.29) is 4.90 Å². The summed E-state index contributed by atoms with van der Waals surface area (Å²) in [6.45, 7) is 5.98. The standard InChI is InChI=1S/C26H21NS.C21H19N3O2S2.C12H11BO2/c1-18(20-10-7-11-22(16-20)19-8-3-2-4-9-19)21-14-15-26-24(17-21)27-23-12-5-6-13-25(23)28-26;1-14-7-10-17(11-8-14)28(25,26)24-23-15(2)16-9-12-21-19(13-16)22-18-5-3-4-6-20(18)27-21;14-13(15)12-8-4-7-11(9-12)10-5-2-1-3-6-10/h2-18,27H,1H3;3-13,22,24H,1-2H3;1-9,14-15H/b;23-15+;. The highest BCUT2D eigenvalue weighted by Crippen LogP contribution is 2.46. The molecule has 0 fully saturated rings. The predicted octanol–water partition coefficient (Wildman–Crippen LogP) is 13.7. The van der Waals surface area contributed by atoms with Crippen LogP contribution in [0.2, 0.25) is 0 Å². The zero-order valence-corrected chi connectivity index (χ0v) is 41.8. The van der Waals surface area contributed by atoms with Crippen LogP contribution in [-0.2, 0) is 10.0 Å². The molecule has 8 nitrogen and oxygen atoms in total. The largest absolute Gasteiger partial charge is 0.488 e. The average Bonchev–Trinajstić information content (AvgIpc) is 3.41. The molecule has 0 aliphatic carbocycles. The molecular weight excluding hydrogens is 936 g/mol. The van der Waals surface area contributed by atoms with Gasteiger partial charge in [-0.3, -0.25) is 0 Å². The number of nitrogens with zero attached hydrogens (tertiary/aromatic N) is 1. The minimum absolute atomic E-state index is 0.190. The molecule has 2 heterocycles. The number of sulfonamides is 1. The molecule has 352 valence electrons.